The Kier molecular flexibility index (Phi) is 6.12. The topological polar surface area (TPSA) is 115 Å². The highest BCUT2D eigenvalue weighted by Gasteiger charge is 2.27. The Bertz CT molecular complexity index is 1610. The van der Waals surface area contributed by atoms with Crippen LogP contribution >= 0.6 is 11.6 Å². The first-order chi connectivity index (χ1) is 18.1. The normalized spacial score (nSPS) is 15.4. The fourth-order valence-electron chi connectivity index (χ4n) is 4.04. The molecule has 1 fully saturated rings. The number of aromatic nitrogens is 4. The fraction of sp³-hybridized carbons (Fsp3) is 0.321. The lowest BCUT2D eigenvalue weighted by Gasteiger charge is -2.22. The summed E-state index contributed by atoms with van der Waals surface area (Å²) in [6.45, 7) is 6.94. The van der Waals surface area contributed by atoms with E-state index in [1.807, 2.05) is 6.07 Å². The molecule has 0 saturated heterocycles. The van der Waals surface area contributed by atoms with Crippen molar-refractivity contribution in [2.75, 3.05) is 17.2 Å². The first kappa shape index (κ1) is 23.3. The lowest BCUT2D eigenvalue weighted by molar-refractivity contribution is 0.443. The minimum Gasteiger partial charge on any atom is -0.383 e. The van der Waals surface area contributed by atoms with E-state index in [9.17, 15) is 11.9 Å². The first-order valence-electron chi connectivity index (χ1n) is 12.6. The van der Waals surface area contributed by atoms with Crippen LogP contribution in [0.25, 0.3) is 10.9 Å². The van der Waals surface area contributed by atoms with E-state index in [1.54, 1.807) is 41.2 Å². The molecule has 2 aromatic carbocycles. The third kappa shape index (κ3) is 5.35. The molecule has 0 bridgehead atoms. The van der Waals surface area contributed by atoms with Crippen molar-refractivity contribution in [2.24, 2.45) is 5.41 Å². The summed E-state index contributed by atoms with van der Waals surface area (Å²) in [6.07, 6.45) is 5.36. The molecule has 1 aliphatic rings. The van der Waals surface area contributed by atoms with Crippen molar-refractivity contribution in [1.29, 1.82) is 10.5 Å². The van der Waals surface area contributed by atoms with Crippen LogP contribution in [0.3, 0.4) is 0 Å². The zero-order valence-corrected chi connectivity index (χ0v) is 21.6. The van der Waals surface area contributed by atoms with Gasteiger partial charge in [0.15, 0.2) is 0 Å². The van der Waals surface area contributed by atoms with Crippen LogP contribution in [0.5, 0.6) is 0 Å². The van der Waals surface area contributed by atoms with Gasteiger partial charge in [-0.15, -0.1) is 5.10 Å². The van der Waals surface area contributed by atoms with Crippen LogP contribution in [-0.4, -0.2) is 26.5 Å². The second kappa shape index (κ2) is 9.72. The number of nitrogens with zero attached hydrogens (tertiary/aromatic N) is 6. The molecule has 0 spiro atoms. The molecule has 5 rings (SSSR count). The second-order valence-electron chi connectivity index (χ2n) is 10.4. The summed E-state index contributed by atoms with van der Waals surface area (Å²) in [4.78, 5) is 4.43. The van der Waals surface area contributed by atoms with Gasteiger partial charge in [-0.25, -0.2) is 4.68 Å². The van der Waals surface area contributed by atoms with Gasteiger partial charge in [0.1, 0.15) is 11.8 Å². The first-order valence-corrected chi connectivity index (χ1v) is 12.5. The summed E-state index contributed by atoms with van der Waals surface area (Å²) in [5, 5.41) is 35.6. The van der Waals surface area contributed by atoms with Gasteiger partial charge < -0.3 is 10.6 Å². The van der Waals surface area contributed by atoms with Gasteiger partial charge in [0.05, 0.1) is 53.1 Å². The summed E-state index contributed by atoms with van der Waals surface area (Å²) < 4.78 is 11.4. The maximum Gasteiger partial charge on any atom is 0.109 e. The van der Waals surface area contributed by atoms with Crippen LogP contribution in [0.2, 0.25) is 5.02 Å². The summed E-state index contributed by atoms with van der Waals surface area (Å²) in [6, 6.07) is 13.5. The Morgan fingerprint density at radius 1 is 1.22 bits per heavy atom. The summed E-state index contributed by atoms with van der Waals surface area (Å²) in [5.41, 5.74) is 3.46. The molecule has 2 heterocycles. The number of anilines is 2. The predicted octanol–water partition coefficient (Wildman–Crippen LogP) is 6.22. The molecule has 8 nitrogen and oxygen atoms in total. The predicted molar refractivity (Wildman–Crippen MR) is 144 cm³/mol. The van der Waals surface area contributed by atoms with E-state index in [1.165, 1.54) is 6.20 Å². The SMILES string of the molecule is [2H]C(Nc1cc(Cl)c2ncc(C#N)c(NCC(C)(C)C)c2c1)(c1cccc(C#N)c1)c1cn(C2CC2)nn1. The van der Waals surface area contributed by atoms with Gasteiger partial charge in [-0.2, -0.15) is 10.5 Å². The van der Waals surface area contributed by atoms with Gasteiger partial charge >= 0.3 is 0 Å². The second-order valence-corrected chi connectivity index (χ2v) is 10.8. The molecule has 4 aromatic rings. The zero-order chi connectivity index (χ0) is 27.1. The number of hydrogen-bond donors (Lipinski definition) is 2. The zero-order valence-electron chi connectivity index (χ0n) is 21.9. The van der Waals surface area contributed by atoms with Crippen LogP contribution in [0, 0.1) is 28.1 Å². The van der Waals surface area contributed by atoms with Crippen LogP contribution in [-0.2, 0) is 0 Å². The van der Waals surface area contributed by atoms with E-state index in [-0.39, 0.29) is 5.41 Å². The Balaban J connectivity index is 1.64. The number of halogens is 1. The standard InChI is InChI=1S/C28H27ClN8/c1-28(2,3)16-33-25-19(13-31)14-32-27-22(25)10-20(11-23(27)29)34-26(18-6-4-5-17(9-18)12-30)24-15-37(36-35-24)21-7-8-21/h4-6,9-11,14-15,21,26,34H,7-8,16H2,1-3H3,(H,32,33)/i26D. The quantitative estimate of drug-likeness (QED) is 0.302. The largest absolute Gasteiger partial charge is 0.383 e. The van der Waals surface area contributed by atoms with Crippen molar-refractivity contribution in [1.82, 2.24) is 20.0 Å². The van der Waals surface area contributed by atoms with E-state index in [0.29, 0.717) is 62.3 Å². The van der Waals surface area contributed by atoms with E-state index in [4.69, 9.17) is 11.6 Å². The van der Waals surface area contributed by atoms with Crippen molar-refractivity contribution in [3.05, 3.63) is 76.2 Å². The van der Waals surface area contributed by atoms with Gasteiger partial charge in [-0.3, -0.25) is 4.98 Å². The van der Waals surface area contributed by atoms with Crippen LogP contribution in [0.1, 0.15) is 69.4 Å². The molecule has 0 amide bonds. The Hall–Kier alpha value is -4.14. The molecule has 1 unspecified atom stereocenters. The molecule has 1 atom stereocenters. The average Bonchev–Trinajstić information content (AvgIpc) is 3.62. The molecule has 1 aliphatic carbocycles. The van der Waals surface area contributed by atoms with Crippen molar-refractivity contribution in [3.63, 3.8) is 0 Å². The van der Waals surface area contributed by atoms with E-state index >= 15 is 0 Å². The average molecular weight is 512 g/mol. The lowest BCUT2D eigenvalue weighted by Crippen LogP contribution is -2.20. The summed E-state index contributed by atoms with van der Waals surface area (Å²) >= 11 is 6.69. The van der Waals surface area contributed by atoms with Crippen molar-refractivity contribution >= 4 is 33.9 Å². The molecule has 0 aliphatic heterocycles. The molecule has 9 heteroatoms. The van der Waals surface area contributed by atoms with Gasteiger partial charge in [0, 0.05) is 23.8 Å². The lowest BCUT2D eigenvalue weighted by atomic mass is 9.96. The van der Waals surface area contributed by atoms with Gasteiger partial charge in [-0.1, -0.05) is 49.7 Å². The number of pyridine rings is 1. The maximum atomic E-state index is 9.78. The molecule has 2 N–H and O–H groups in total. The van der Waals surface area contributed by atoms with Crippen LogP contribution < -0.4 is 10.6 Å². The van der Waals surface area contributed by atoms with E-state index in [0.717, 1.165) is 12.8 Å². The highest BCUT2D eigenvalue weighted by atomic mass is 35.5. The minimum atomic E-state index is -1.57. The fourth-order valence-corrected chi connectivity index (χ4v) is 4.31. The Morgan fingerprint density at radius 3 is 2.73 bits per heavy atom. The molecule has 2 aromatic heterocycles. The third-order valence-corrected chi connectivity index (χ3v) is 6.37. The van der Waals surface area contributed by atoms with Crippen molar-refractivity contribution in [3.8, 4) is 12.1 Å². The number of fused-ring (bicyclic) bond motifs is 1. The van der Waals surface area contributed by atoms with Gasteiger partial charge in [-0.05, 0) is 48.1 Å². The molecule has 37 heavy (non-hydrogen) atoms. The van der Waals surface area contributed by atoms with E-state index < -0.39 is 6.02 Å². The molecular weight excluding hydrogens is 484 g/mol. The monoisotopic (exact) mass is 511 g/mol. The molecule has 1 saturated carbocycles. The smallest absolute Gasteiger partial charge is 0.109 e. The van der Waals surface area contributed by atoms with Crippen LogP contribution in [0.15, 0.2) is 48.8 Å². The summed E-state index contributed by atoms with van der Waals surface area (Å²) in [5.74, 6) is 0. The Labute approximate surface area is 222 Å². The summed E-state index contributed by atoms with van der Waals surface area (Å²) in [7, 11) is 0. The highest BCUT2D eigenvalue weighted by Crippen LogP contribution is 2.37. The van der Waals surface area contributed by atoms with Crippen molar-refractivity contribution in [2.45, 2.75) is 45.7 Å². The van der Waals surface area contributed by atoms with Gasteiger partial charge in [0.25, 0.3) is 0 Å². The number of nitriles is 2. The number of hydrogen-bond acceptors (Lipinski definition) is 7. The number of benzene rings is 2. The number of rotatable bonds is 7. The molecular formula is C28H27ClN8. The maximum absolute atomic E-state index is 9.78. The minimum absolute atomic E-state index is 0.0303. The van der Waals surface area contributed by atoms with Crippen molar-refractivity contribution < 1.29 is 1.37 Å². The van der Waals surface area contributed by atoms with Gasteiger partial charge in [0.2, 0.25) is 0 Å². The highest BCUT2D eigenvalue weighted by molar-refractivity contribution is 6.35. The van der Waals surface area contributed by atoms with Crippen LogP contribution in [0.4, 0.5) is 11.4 Å². The Morgan fingerprint density at radius 2 is 2.03 bits per heavy atom. The molecule has 0 radical (unpaired) electrons. The molecule has 186 valence electrons. The number of nitrogens with one attached hydrogen (secondary N) is 2. The van der Waals surface area contributed by atoms with E-state index in [2.05, 4.69) is 58.8 Å². The third-order valence-electron chi connectivity index (χ3n) is 6.08.